The van der Waals surface area contributed by atoms with E-state index in [2.05, 4.69) is 19.8 Å². The molecule has 22 heavy (non-hydrogen) atoms. The van der Waals surface area contributed by atoms with E-state index in [1.807, 2.05) is 18.2 Å². The highest BCUT2D eigenvalue weighted by Crippen LogP contribution is 2.34. The van der Waals surface area contributed by atoms with E-state index in [1.165, 1.54) is 5.56 Å². The molecule has 2 fully saturated rings. The van der Waals surface area contributed by atoms with E-state index in [1.54, 1.807) is 24.5 Å². The summed E-state index contributed by atoms with van der Waals surface area (Å²) in [7, 11) is 0. The molecular formula is C17H19FN4. The molecule has 2 saturated heterocycles. The lowest BCUT2D eigenvalue weighted by Crippen LogP contribution is -2.37. The number of hydrogen-bond acceptors (Lipinski definition) is 4. The molecule has 0 radical (unpaired) electrons. The van der Waals surface area contributed by atoms with E-state index in [4.69, 9.17) is 0 Å². The fourth-order valence-corrected chi connectivity index (χ4v) is 3.78. The Balaban J connectivity index is 1.47. The molecule has 4 rings (SSSR count). The zero-order valence-electron chi connectivity index (χ0n) is 12.4. The number of fused-ring (bicyclic) bond motifs is 1. The largest absolute Gasteiger partial charge is 0.336 e. The van der Waals surface area contributed by atoms with Gasteiger partial charge in [-0.3, -0.25) is 4.90 Å². The van der Waals surface area contributed by atoms with Crippen molar-refractivity contribution < 1.29 is 4.39 Å². The topological polar surface area (TPSA) is 32.3 Å². The smallest absolute Gasteiger partial charge is 0.225 e. The Hall–Kier alpha value is -2.01. The van der Waals surface area contributed by atoms with Crippen LogP contribution in [0.3, 0.4) is 0 Å². The number of halogens is 1. The highest BCUT2D eigenvalue weighted by Gasteiger charge is 2.43. The van der Waals surface area contributed by atoms with Gasteiger partial charge >= 0.3 is 0 Å². The summed E-state index contributed by atoms with van der Waals surface area (Å²) in [5.41, 5.74) is 1.18. The van der Waals surface area contributed by atoms with Gasteiger partial charge in [0.05, 0.1) is 0 Å². The molecule has 0 bridgehead atoms. The molecule has 5 heteroatoms. The molecule has 2 atom stereocenters. The Kier molecular flexibility index (Phi) is 3.50. The summed E-state index contributed by atoms with van der Waals surface area (Å²) in [6.07, 6.45) is 5.90. The van der Waals surface area contributed by atoms with Crippen LogP contribution >= 0.6 is 0 Å². The average Bonchev–Trinajstić information content (AvgIpc) is 3.13. The Morgan fingerprint density at radius 3 is 2.50 bits per heavy atom. The van der Waals surface area contributed by atoms with E-state index in [-0.39, 0.29) is 5.82 Å². The van der Waals surface area contributed by atoms with E-state index >= 15 is 0 Å². The molecule has 0 amide bonds. The third-order valence-corrected chi connectivity index (χ3v) is 4.80. The van der Waals surface area contributed by atoms with Crippen LogP contribution in [0.2, 0.25) is 0 Å². The summed E-state index contributed by atoms with van der Waals surface area (Å²) >= 11 is 0. The zero-order chi connectivity index (χ0) is 14.9. The summed E-state index contributed by atoms with van der Waals surface area (Å²) in [5, 5.41) is 0. The highest BCUT2D eigenvalue weighted by atomic mass is 19.1. The van der Waals surface area contributed by atoms with Crippen molar-refractivity contribution in [3.8, 4) is 0 Å². The van der Waals surface area contributed by atoms with E-state index in [0.29, 0.717) is 12.1 Å². The predicted octanol–water partition coefficient (Wildman–Crippen LogP) is 2.47. The molecule has 0 saturated carbocycles. The third-order valence-electron chi connectivity index (χ3n) is 4.80. The SMILES string of the molecule is Fc1ccc(CN2CC[C@H]3[C@H]2CCN3c2ncccn2)cc1. The second kappa shape index (κ2) is 5.65. The van der Waals surface area contributed by atoms with E-state index in [0.717, 1.165) is 38.4 Å². The van der Waals surface area contributed by atoms with Crippen LogP contribution in [0, 0.1) is 5.82 Å². The van der Waals surface area contributed by atoms with Crippen molar-refractivity contribution in [3.63, 3.8) is 0 Å². The van der Waals surface area contributed by atoms with Gasteiger partial charge < -0.3 is 4.90 Å². The maximum atomic E-state index is 13.0. The molecule has 4 nitrogen and oxygen atoms in total. The fourth-order valence-electron chi connectivity index (χ4n) is 3.78. The second-order valence-corrected chi connectivity index (χ2v) is 6.05. The van der Waals surface area contributed by atoms with Crippen molar-refractivity contribution in [2.24, 2.45) is 0 Å². The lowest BCUT2D eigenvalue weighted by atomic mass is 10.1. The molecule has 3 heterocycles. The van der Waals surface area contributed by atoms with Gasteiger partial charge in [0.25, 0.3) is 0 Å². The van der Waals surface area contributed by atoms with Crippen LogP contribution < -0.4 is 4.90 Å². The van der Waals surface area contributed by atoms with Crippen LogP contribution in [0.15, 0.2) is 42.7 Å². The minimum Gasteiger partial charge on any atom is -0.336 e. The summed E-state index contributed by atoms with van der Waals surface area (Å²) in [4.78, 5) is 13.6. The fraction of sp³-hybridized carbons (Fsp3) is 0.412. The number of rotatable bonds is 3. The van der Waals surface area contributed by atoms with Crippen LogP contribution in [-0.2, 0) is 6.54 Å². The molecule has 1 aromatic carbocycles. The molecule has 0 N–H and O–H groups in total. The first-order valence-corrected chi connectivity index (χ1v) is 7.83. The maximum Gasteiger partial charge on any atom is 0.225 e. The van der Waals surface area contributed by atoms with Crippen LogP contribution in [0.5, 0.6) is 0 Å². The number of hydrogen-bond donors (Lipinski definition) is 0. The number of aromatic nitrogens is 2. The van der Waals surface area contributed by atoms with E-state index in [9.17, 15) is 4.39 Å². The van der Waals surface area contributed by atoms with Crippen molar-refractivity contribution >= 4 is 5.95 Å². The first-order valence-electron chi connectivity index (χ1n) is 7.83. The lowest BCUT2D eigenvalue weighted by molar-refractivity contribution is 0.246. The van der Waals surface area contributed by atoms with Gasteiger partial charge in [0.2, 0.25) is 5.95 Å². The lowest BCUT2D eigenvalue weighted by Gasteiger charge is -2.25. The Labute approximate surface area is 129 Å². The number of likely N-dealkylation sites (tertiary alicyclic amines) is 1. The van der Waals surface area contributed by atoms with Gasteiger partial charge in [-0.1, -0.05) is 12.1 Å². The van der Waals surface area contributed by atoms with E-state index < -0.39 is 0 Å². The monoisotopic (exact) mass is 298 g/mol. The highest BCUT2D eigenvalue weighted by molar-refractivity contribution is 5.35. The molecule has 0 unspecified atom stereocenters. The van der Waals surface area contributed by atoms with Crippen molar-refractivity contribution in [3.05, 3.63) is 54.1 Å². The minimum atomic E-state index is -0.170. The van der Waals surface area contributed by atoms with Gasteiger partial charge in [0.15, 0.2) is 0 Å². The molecule has 2 aromatic rings. The second-order valence-electron chi connectivity index (χ2n) is 6.05. The third kappa shape index (κ3) is 2.46. The average molecular weight is 298 g/mol. The molecule has 114 valence electrons. The molecule has 1 aromatic heterocycles. The molecule has 0 aliphatic carbocycles. The predicted molar refractivity (Wildman–Crippen MR) is 83.0 cm³/mol. The molecule has 2 aliphatic heterocycles. The van der Waals surface area contributed by atoms with Crippen molar-refractivity contribution in [2.45, 2.75) is 31.5 Å². The minimum absolute atomic E-state index is 0.170. The van der Waals surface area contributed by atoms with Gasteiger partial charge in [-0.2, -0.15) is 0 Å². The number of nitrogens with zero attached hydrogens (tertiary/aromatic N) is 4. The summed E-state index contributed by atoms with van der Waals surface area (Å²) < 4.78 is 13.0. The standard InChI is InChI=1S/C17H19FN4/c18-14-4-2-13(3-5-14)12-21-10-6-16-15(21)7-11-22(16)17-19-8-1-9-20-17/h1-5,8-9,15-16H,6-7,10-12H2/t15-,16+/m1/s1. The molecule has 2 aliphatic rings. The van der Waals surface area contributed by atoms with Gasteiger partial charge in [0.1, 0.15) is 5.82 Å². The zero-order valence-corrected chi connectivity index (χ0v) is 12.4. The first-order chi connectivity index (χ1) is 10.8. The quantitative estimate of drug-likeness (QED) is 0.871. The first kappa shape index (κ1) is 13.6. The summed E-state index contributed by atoms with van der Waals surface area (Å²) in [5.74, 6) is 0.676. The number of anilines is 1. The summed E-state index contributed by atoms with van der Waals surface area (Å²) in [6, 6.07) is 9.76. The van der Waals surface area contributed by atoms with Crippen LogP contribution in [-0.4, -0.2) is 40.0 Å². The van der Waals surface area contributed by atoms with Gasteiger partial charge in [-0.15, -0.1) is 0 Å². The van der Waals surface area contributed by atoms with Crippen molar-refractivity contribution in [1.82, 2.24) is 14.9 Å². The van der Waals surface area contributed by atoms with Gasteiger partial charge in [-0.05, 0) is 36.6 Å². The van der Waals surface area contributed by atoms with Gasteiger partial charge in [0, 0.05) is 44.1 Å². The van der Waals surface area contributed by atoms with Gasteiger partial charge in [-0.25, -0.2) is 14.4 Å². The maximum absolute atomic E-state index is 13.0. The van der Waals surface area contributed by atoms with Crippen molar-refractivity contribution in [1.29, 1.82) is 0 Å². The molecule has 0 spiro atoms. The van der Waals surface area contributed by atoms with Crippen LogP contribution in [0.1, 0.15) is 18.4 Å². The normalized spacial score (nSPS) is 24.7. The number of benzene rings is 1. The van der Waals surface area contributed by atoms with Crippen LogP contribution in [0.4, 0.5) is 10.3 Å². The van der Waals surface area contributed by atoms with Crippen molar-refractivity contribution in [2.75, 3.05) is 18.0 Å². The van der Waals surface area contributed by atoms with Crippen LogP contribution in [0.25, 0.3) is 0 Å². The molecular weight excluding hydrogens is 279 g/mol. The Morgan fingerprint density at radius 1 is 1.00 bits per heavy atom. The Bertz CT molecular complexity index is 631. The summed E-state index contributed by atoms with van der Waals surface area (Å²) in [6.45, 7) is 2.99. The Morgan fingerprint density at radius 2 is 1.73 bits per heavy atom.